The van der Waals surface area contributed by atoms with E-state index < -0.39 is 5.54 Å². The molecule has 1 saturated carbocycles. The van der Waals surface area contributed by atoms with Crippen LogP contribution in [-0.2, 0) is 4.79 Å². The van der Waals surface area contributed by atoms with Gasteiger partial charge in [-0.25, -0.2) is 0 Å². The largest absolute Gasteiger partial charge is 0.369 e. The van der Waals surface area contributed by atoms with Gasteiger partial charge in [0.2, 0.25) is 5.91 Å². The van der Waals surface area contributed by atoms with E-state index >= 15 is 0 Å². The Morgan fingerprint density at radius 3 is 2.48 bits per heavy atom. The number of nitrogens with one attached hydrogen (secondary N) is 1. The average Bonchev–Trinajstić information content (AvgIpc) is 3.41. The van der Waals surface area contributed by atoms with E-state index in [0.29, 0.717) is 12.5 Å². The van der Waals surface area contributed by atoms with Crippen LogP contribution < -0.4 is 10.2 Å². The number of nitriles is 1. The van der Waals surface area contributed by atoms with Crippen molar-refractivity contribution in [3.8, 4) is 6.07 Å². The van der Waals surface area contributed by atoms with Gasteiger partial charge in [0, 0.05) is 31.9 Å². The minimum absolute atomic E-state index is 0.0332. The lowest BCUT2D eigenvalue weighted by Crippen LogP contribution is -2.53. The van der Waals surface area contributed by atoms with Gasteiger partial charge in [-0.1, -0.05) is 18.2 Å². The van der Waals surface area contributed by atoms with Crippen LogP contribution in [0.3, 0.4) is 0 Å². The molecule has 2 fully saturated rings. The fourth-order valence-corrected chi connectivity index (χ4v) is 3.22. The lowest BCUT2D eigenvalue weighted by molar-refractivity contribution is -0.123. The minimum atomic E-state index is -0.692. The molecule has 1 heterocycles. The van der Waals surface area contributed by atoms with Crippen molar-refractivity contribution in [3.05, 3.63) is 30.3 Å². The molecule has 5 heteroatoms. The van der Waals surface area contributed by atoms with Gasteiger partial charge in [0.05, 0.1) is 12.6 Å². The van der Waals surface area contributed by atoms with Crippen LogP contribution in [0.4, 0.5) is 5.69 Å². The summed E-state index contributed by atoms with van der Waals surface area (Å²) in [6, 6.07) is 12.6. The van der Waals surface area contributed by atoms with Gasteiger partial charge >= 0.3 is 0 Å². The first-order chi connectivity index (χ1) is 11.1. The number of hydrogen-bond donors (Lipinski definition) is 1. The van der Waals surface area contributed by atoms with Crippen molar-refractivity contribution in [2.75, 3.05) is 37.6 Å². The Bertz CT molecular complexity index is 585. The third-order valence-corrected chi connectivity index (χ3v) is 4.89. The highest BCUT2D eigenvalue weighted by Crippen LogP contribution is 2.39. The van der Waals surface area contributed by atoms with E-state index in [-0.39, 0.29) is 5.91 Å². The third-order valence-electron chi connectivity index (χ3n) is 4.89. The number of para-hydroxylation sites is 1. The van der Waals surface area contributed by atoms with Gasteiger partial charge in [-0.3, -0.25) is 9.69 Å². The molecular formula is C18H24N4O. The molecule has 0 aromatic heterocycles. The molecule has 1 aliphatic carbocycles. The molecule has 1 atom stereocenters. The molecule has 1 aromatic carbocycles. The predicted octanol–water partition coefficient (Wildman–Crippen LogP) is 1.62. The number of hydrogen-bond acceptors (Lipinski definition) is 4. The Balaban J connectivity index is 1.47. The van der Waals surface area contributed by atoms with E-state index in [4.69, 9.17) is 0 Å². The second-order valence-corrected chi connectivity index (χ2v) is 6.74. The summed E-state index contributed by atoms with van der Waals surface area (Å²) < 4.78 is 0. The maximum atomic E-state index is 12.3. The van der Waals surface area contributed by atoms with Crippen molar-refractivity contribution in [3.63, 3.8) is 0 Å². The molecule has 1 amide bonds. The zero-order chi connectivity index (χ0) is 16.3. The van der Waals surface area contributed by atoms with Gasteiger partial charge in [0.25, 0.3) is 0 Å². The Hall–Kier alpha value is -2.06. The summed E-state index contributed by atoms with van der Waals surface area (Å²) in [5, 5.41) is 12.3. The maximum Gasteiger partial charge on any atom is 0.235 e. The van der Waals surface area contributed by atoms with Crippen LogP contribution in [0.25, 0.3) is 0 Å². The van der Waals surface area contributed by atoms with Crippen LogP contribution in [0, 0.1) is 17.2 Å². The van der Waals surface area contributed by atoms with Crippen molar-refractivity contribution in [2.45, 2.75) is 25.3 Å². The monoisotopic (exact) mass is 312 g/mol. The highest BCUT2D eigenvalue weighted by Gasteiger charge is 2.43. The van der Waals surface area contributed by atoms with Gasteiger partial charge in [-0.05, 0) is 37.8 Å². The van der Waals surface area contributed by atoms with Crippen molar-refractivity contribution in [2.24, 2.45) is 5.92 Å². The zero-order valence-corrected chi connectivity index (χ0v) is 13.7. The van der Waals surface area contributed by atoms with Gasteiger partial charge in [-0.15, -0.1) is 0 Å². The standard InChI is InChI=1S/C18H24N4O/c1-18(14-19,15-7-8-15)20-17(23)13-21-9-11-22(12-10-21)16-5-3-2-4-6-16/h2-6,15H,7-13H2,1H3,(H,20,23). The molecule has 1 aliphatic heterocycles. The second-order valence-electron chi connectivity index (χ2n) is 6.74. The van der Waals surface area contributed by atoms with E-state index in [1.807, 2.05) is 13.0 Å². The molecule has 1 saturated heterocycles. The molecule has 122 valence electrons. The molecule has 2 aliphatic rings. The van der Waals surface area contributed by atoms with Gasteiger partial charge < -0.3 is 10.2 Å². The summed E-state index contributed by atoms with van der Waals surface area (Å²) in [4.78, 5) is 16.8. The number of benzene rings is 1. The Labute approximate surface area is 137 Å². The normalized spacial score (nSPS) is 21.3. The van der Waals surface area contributed by atoms with Crippen LogP contribution in [0.1, 0.15) is 19.8 Å². The summed E-state index contributed by atoms with van der Waals surface area (Å²) in [5.41, 5.74) is 0.547. The Morgan fingerprint density at radius 2 is 1.91 bits per heavy atom. The molecule has 1 N–H and O–H groups in total. The summed E-state index contributed by atoms with van der Waals surface area (Å²) in [6.45, 7) is 5.82. The molecule has 0 bridgehead atoms. The number of carbonyl (C=O) groups excluding carboxylic acids is 1. The fraction of sp³-hybridized carbons (Fsp3) is 0.556. The number of rotatable bonds is 5. The van der Waals surface area contributed by atoms with Crippen molar-refractivity contribution in [1.29, 1.82) is 5.26 Å². The SMILES string of the molecule is CC(C#N)(NC(=O)CN1CCN(c2ccccc2)CC1)C1CC1. The quantitative estimate of drug-likeness (QED) is 0.897. The molecule has 23 heavy (non-hydrogen) atoms. The van der Waals surface area contributed by atoms with Crippen molar-refractivity contribution in [1.82, 2.24) is 10.2 Å². The highest BCUT2D eigenvalue weighted by atomic mass is 16.2. The second kappa shape index (κ2) is 6.59. The summed E-state index contributed by atoms with van der Waals surface area (Å²) in [7, 11) is 0. The first-order valence-electron chi connectivity index (χ1n) is 8.35. The first-order valence-corrected chi connectivity index (χ1v) is 8.35. The minimum Gasteiger partial charge on any atom is -0.369 e. The predicted molar refractivity (Wildman–Crippen MR) is 90.0 cm³/mol. The smallest absolute Gasteiger partial charge is 0.235 e. The van der Waals surface area contributed by atoms with Crippen molar-refractivity contribution >= 4 is 11.6 Å². The van der Waals surface area contributed by atoms with Crippen LogP contribution in [0.15, 0.2) is 30.3 Å². The fourth-order valence-electron chi connectivity index (χ4n) is 3.22. The molecule has 1 aromatic rings. The van der Waals surface area contributed by atoms with Gasteiger partial charge in [0.15, 0.2) is 0 Å². The molecule has 0 spiro atoms. The first kappa shape index (κ1) is 15.8. The number of anilines is 1. The number of piperazine rings is 1. The molecule has 0 radical (unpaired) electrons. The van der Waals surface area contributed by atoms with E-state index in [9.17, 15) is 10.1 Å². The van der Waals surface area contributed by atoms with Gasteiger partial charge in [0.1, 0.15) is 5.54 Å². The Morgan fingerprint density at radius 1 is 1.26 bits per heavy atom. The molecular weight excluding hydrogens is 288 g/mol. The topological polar surface area (TPSA) is 59.4 Å². The highest BCUT2D eigenvalue weighted by molar-refractivity contribution is 5.79. The van der Waals surface area contributed by atoms with Crippen LogP contribution in [0.2, 0.25) is 0 Å². The summed E-state index contributed by atoms with van der Waals surface area (Å²) in [6.07, 6.45) is 2.08. The zero-order valence-electron chi connectivity index (χ0n) is 13.7. The van der Waals surface area contributed by atoms with Gasteiger partial charge in [-0.2, -0.15) is 5.26 Å². The number of nitrogens with zero attached hydrogens (tertiary/aromatic N) is 3. The molecule has 3 rings (SSSR count). The summed E-state index contributed by atoms with van der Waals surface area (Å²) >= 11 is 0. The summed E-state index contributed by atoms with van der Waals surface area (Å²) in [5.74, 6) is 0.292. The lowest BCUT2D eigenvalue weighted by atomic mass is 9.98. The van der Waals surface area contributed by atoms with E-state index in [1.165, 1.54) is 5.69 Å². The molecule has 1 unspecified atom stereocenters. The lowest BCUT2D eigenvalue weighted by Gasteiger charge is -2.36. The van der Waals surface area contributed by atoms with Crippen molar-refractivity contribution < 1.29 is 4.79 Å². The van der Waals surface area contributed by atoms with E-state index in [1.54, 1.807) is 0 Å². The van der Waals surface area contributed by atoms with Crippen LogP contribution in [0.5, 0.6) is 0 Å². The van der Waals surface area contributed by atoms with Crippen LogP contribution >= 0.6 is 0 Å². The van der Waals surface area contributed by atoms with E-state index in [0.717, 1.165) is 39.0 Å². The third kappa shape index (κ3) is 3.83. The molecule has 5 nitrogen and oxygen atoms in total. The average molecular weight is 312 g/mol. The maximum absolute atomic E-state index is 12.3. The van der Waals surface area contributed by atoms with Crippen LogP contribution in [-0.4, -0.2) is 49.1 Å². The van der Waals surface area contributed by atoms with E-state index in [2.05, 4.69) is 45.5 Å². The Kier molecular flexibility index (Phi) is 4.53. The number of amides is 1. The number of carbonyl (C=O) groups is 1.